The summed E-state index contributed by atoms with van der Waals surface area (Å²) in [7, 11) is 0. The van der Waals surface area contributed by atoms with Crippen molar-refractivity contribution in [3.8, 4) is 5.75 Å². The third kappa shape index (κ3) is 3.54. The van der Waals surface area contributed by atoms with Crippen LogP contribution in [0.3, 0.4) is 0 Å². The highest BCUT2D eigenvalue weighted by atomic mass is 16.5. The van der Waals surface area contributed by atoms with Gasteiger partial charge in [0.15, 0.2) is 0 Å². The number of amides is 1. The van der Waals surface area contributed by atoms with E-state index >= 15 is 0 Å². The molecule has 1 aliphatic heterocycles. The molecule has 1 amide bonds. The average molecular weight is 292 g/mol. The van der Waals surface area contributed by atoms with Gasteiger partial charge in [0.2, 0.25) is 5.91 Å². The summed E-state index contributed by atoms with van der Waals surface area (Å²) in [6, 6.07) is 5.55. The van der Waals surface area contributed by atoms with Crippen molar-refractivity contribution >= 4 is 11.6 Å². The number of rotatable bonds is 5. The van der Waals surface area contributed by atoms with E-state index in [4.69, 9.17) is 10.5 Å². The molecule has 21 heavy (non-hydrogen) atoms. The second-order valence-corrected chi connectivity index (χ2v) is 5.45. The minimum Gasteiger partial charge on any atom is -0.486 e. The number of nitrogens with two attached hydrogens (primary N) is 1. The van der Waals surface area contributed by atoms with E-state index in [1.165, 1.54) is 0 Å². The molecule has 1 aromatic rings. The first-order valence-corrected chi connectivity index (χ1v) is 7.53. The first kappa shape index (κ1) is 15.8. The number of benzene rings is 1. The molecule has 2 unspecified atom stereocenters. The molecule has 1 aliphatic rings. The fourth-order valence-corrected chi connectivity index (χ4v) is 2.56. The molecule has 2 atom stereocenters. The molecule has 3 N–H and O–H groups in total. The van der Waals surface area contributed by atoms with Gasteiger partial charge in [-0.2, -0.15) is 0 Å². The third-order valence-corrected chi connectivity index (χ3v) is 3.86. The van der Waals surface area contributed by atoms with E-state index in [0.717, 1.165) is 24.1 Å². The van der Waals surface area contributed by atoms with Gasteiger partial charge in [0.25, 0.3) is 0 Å². The second-order valence-electron chi connectivity index (χ2n) is 5.45. The van der Waals surface area contributed by atoms with Gasteiger partial charge in [-0.15, -0.1) is 0 Å². The highest BCUT2D eigenvalue weighted by molar-refractivity contribution is 5.93. The number of anilines is 1. The standard InChI is InChI=1S/C16H24N2O3/c1-3-13-10-18(11(2)19)14-9-12(6-7-16(14)21-13)15(20)5-4-8-17/h6-7,9,13,15,20H,3-5,8,10,17H2,1-2H3. The summed E-state index contributed by atoms with van der Waals surface area (Å²) in [5.41, 5.74) is 7.02. The Morgan fingerprint density at radius 2 is 2.33 bits per heavy atom. The van der Waals surface area contributed by atoms with Gasteiger partial charge >= 0.3 is 0 Å². The topological polar surface area (TPSA) is 75.8 Å². The highest BCUT2D eigenvalue weighted by Crippen LogP contribution is 2.36. The van der Waals surface area contributed by atoms with Gasteiger partial charge in [0.05, 0.1) is 18.3 Å². The molecule has 2 rings (SSSR count). The zero-order valence-electron chi connectivity index (χ0n) is 12.7. The summed E-state index contributed by atoms with van der Waals surface area (Å²) in [5, 5.41) is 10.2. The molecule has 0 saturated heterocycles. The predicted octanol–water partition coefficient (Wildman–Crippen LogP) is 1.98. The lowest BCUT2D eigenvalue weighted by Gasteiger charge is -2.34. The maximum absolute atomic E-state index is 11.9. The lowest BCUT2D eigenvalue weighted by atomic mass is 10.0. The summed E-state index contributed by atoms with van der Waals surface area (Å²) in [4.78, 5) is 13.6. The quantitative estimate of drug-likeness (QED) is 0.870. The number of aliphatic hydroxyl groups is 1. The van der Waals surface area contributed by atoms with Gasteiger partial charge in [-0.1, -0.05) is 13.0 Å². The normalized spacial score (nSPS) is 18.9. The average Bonchev–Trinajstić information content (AvgIpc) is 2.50. The van der Waals surface area contributed by atoms with Crippen LogP contribution in [0.5, 0.6) is 5.75 Å². The zero-order chi connectivity index (χ0) is 15.4. The zero-order valence-corrected chi connectivity index (χ0v) is 12.7. The molecule has 5 nitrogen and oxygen atoms in total. The Morgan fingerprint density at radius 1 is 1.57 bits per heavy atom. The van der Waals surface area contributed by atoms with Gasteiger partial charge in [-0.05, 0) is 43.5 Å². The van der Waals surface area contributed by atoms with E-state index in [-0.39, 0.29) is 12.0 Å². The second kappa shape index (κ2) is 6.91. The molecule has 116 valence electrons. The van der Waals surface area contributed by atoms with Crippen LogP contribution in [-0.2, 0) is 4.79 Å². The summed E-state index contributed by atoms with van der Waals surface area (Å²) in [6.45, 7) is 4.71. The van der Waals surface area contributed by atoms with Crippen molar-refractivity contribution in [2.24, 2.45) is 5.73 Å². The van der Waals surface area contributed by atoms with Crippen molar-refractivity contribution in [3.63, 3.8) is 0 Å². The molecule has 0 aliphatic carbocycles. The number of fused-ring (bicyclic) bond motifs is 1. The molecule has 1 aromatic carbocycles. The smallest absolute Gasteiger partial charge is 0.224 e. The Bertz CT molecular complexity index is 504. The molecule has 0 radical (unpaired) electrons. The van der Waals surface area contributed by atoms with E-state index in [2.05, 4.69) is 0 Å². The van der Waals surface area contributed by atoms with Crippen LogP contribution in [0.4, 0.5) is 5.69 Å². The first-order chi connectivity index (χ1) is 10.1. The van der Waals surface area contributed by atoms with E-state index in [0.29, 0.717) is 25.3 Å². The molecule has 0 bridgehead atoms. The lowest BCUT2D eigenvalue weighted by molar-refractivity contribution is -0.117. The van der Waals surface area contributed by atoms with Crippen LogP contribution < -0.4 is 15.4 Å². The molecule has 0 saturated carbocycles. The molecule has 0 aromatic heterocycles. The van der Waals surface area contributed by atoms with Crippen LogP contribution >= 0.6 is 0 Å². The van der Waals surface area contributed by atoms with Crippen LogP contribution in [0.15, 0.2) is 18.2 Å². The molecule has 0 spiro atoms. The van der Waals surface area contributed by atoms with E-state index in [1.54, 1.807) is 11.8 Å². The van der Waals surface area contributed by atoms with Crippen LogP contribution in [0.2, 0.25) is 0 Å². The fraction of sp³-hybridized carbons (Fsp3) is 0.562. The number of aliphatic hydroxyl groups excluding tert-OH is 1. The van der Waals surface area contributed by atoms with Crippen molar-refractivity contribution in [1.82, 2.24) is 0 Å². The summed E-state index contributed by atoms with van der Waals surface area (Å²) >= 11 is 0. The number of ether oxygens (including phenoxy) is 1. The predicted molar refractivity (Wildman–Crippen MR) is 82.4 cm³/mol. The van der Waals surface area contributed by atoms with Gasteiger partial charge in [0, 0.05) is 6.92 Å². The Labute approximate surface area is 125 Å². The Kier molecular flexibility index (Phi) is 5.20. The minimum atomic E-state index is -0.559. The van der Waals surface area contributed by atoms with E-state index in [9.17, 15) is 9.90 Å². The van der Waals surface area contributed by atoms with Gasteiger partial charge < -0.3 is 20.5 Å². The number of nitrogens with zero attached hydrogens (tertiary/aromatic N) is 1. The van der Waals surface area contributed by atoms with Crippen molar-refractivity contribution in [1.29, 1.82) is 0 Å². The monoisotopic (exact) mass is 292 g/mol. The fourth-order valence-electron chi connectivity index (χ4n) is 2.56. The van der Waals surface area contributed by atoms with Crippen molar-refractivity contribution in [2.45, 2.75) is 45.3 Å². The number of hydrogen-bond donors (Lipinski definition) is 2. The molecule has 0 fully saturated rings. The summed E-state index contributed by atoms with van der Waals surface area (Å²) in [6.07, 6.45) is 1.70. The number of carbonyl (C=O) groups is 1. The van der Waals surface area contributed by atoms with Gasteiger partial charge in [-0.25, -0.2) is 0 Å². The maximum atomic E-state index is 11.9. The van der Waals surface area contributed by atoms with Crippen LogP contribution in [0, 0.1) is 0 Å². The van der Waals surface area contributed by atoms with Gasteiger partial charge in [-0.3, -0.25) is 4.79 Å². The Morgan fingerprint density at radius 3 is 2.95 bits per heavy atom. The van der Waals surface area contributed by atoms with Gasteiger partial charge in [0.1, 0.15) is 11.9 Å². The third-order valence-electron chi connectivity index (χ3n) is 3.86. The largest absolute Gasteiger partial charge is 0.486 e. The van der Waals surface area contributed by atoms with Crippen LogP contribution in [0.1, 0.15) is 44.8 Å². The summed E-state index contributed by atoms with van der Waals surface area (Å²) < 4.78 is 5.88. The van der Waals surface area contributed by atoms with Crippen molar-refractivity contribution in [3.05, 3.63) is 23.8 Å². The van der Waals surface area contributed by atoms with Crippen LogP contribution in [-0.4, -0.2) is 30.2 Å². The molecule has 5 heteroatoms. The SMILES string of the molecule is CCC1CN(C(C)=O)c2cc(C(O)CCCN)ccc2O1. The Balaban J connectivity index is 2.28. The van der Waals surface area contributed by atoms with E-state index in [1.807, 2.05) is 25.1 Å². The number of carbonyl (C=O) groups excluding carboxylic acids is 1. The number of hydrogen-bond acceptors (Lipinski definition) is 4. The molecular weight excluding hydrogens is 268 g/mol. The highest BCUT2D eigenvalue weighted by Gasteiger charge is 2.27. The first-order valence-electron chi connectivity index (χ1n) is 7.53. The maximum Gasteiger partial charge on any atom is 0.224 e. The Hall–Kier alpha value is -1.59. The van der Waals surface area contributed by atoms with Crippen molar-refractivity contribution < 1.29 is 14.6 Å². The lowest BCUT2D eigenvalue weighted by Crippen LogP contribution is -2.42. The summed E-state index contributed by atoms with van der Waals surface area (Å²) in [5.74, 6) is 0.699. The minimum absolute atomic E-state index is 0.00778. The van der Waals surface area contributed by atoms with Crippen LogP contribution in [0.25, 0.3) is 0 Å². The molecule has 1 heterocycles. The van der Waals surface area contributed by atoms with E-state index < -0.39 is 6.10 Å². The molecular formula is C16H24N2O3. The van der Waals surface area contributed by atoms with Crippen molar-refractivity contribution in [2.75, 3.05) is 18.0 Å².